The van der Waals surface area contributed by atoms with E-state index >= 15 is 0 Å². The van der Waals surface area contributed by atoms with Gasteiger partial charge in [-0.3, -0.25) is 4.99 Å². The Morgan fingerprint density at radius 3 is 3.00 bits per heavy atom. The molecule has 0 spiro atoms. The topological polar surface area (TPSA) is 59.6 Å². The maximum Gasteiger partial charge on any atom is 0.189 e. The lowest BCUT2D eigenvalue weighted by Crippen LogP contribution is -2.37. The van der Waals surface area contributed by atoms with Gasteiger partial charge in [0.2, 0.25) is 0 Å². The molecule has 0 radical (unpaired) electrons. The van der Waals surface area contributed by atoms with Crippen molar-refractivity contribution >= 4 is 5.96 Å². The number of nitrogens with one attached hydrogen (secondary N) is 1. The number of fused-ring (bicyclic) bond motifs is 1. The molecule has 0 aliphatic carbocycles. The number of halogens is 1. The summed E-state index contributed by atoms with van der Waals surface area (Å²) in [5, 5.41) is 3.25. The van der Waals surface area contributed by atoms with Gasteiger partial charge in [-0.2, -0.15) is 0 Å². The van der Waals surface area contributed by atoms with Crippen LogP contribution in [0.1, 0.15) is 23.6 Å². The van der Waals surface area contributed by atoms with Crippen LogP contribution in [0.3, 0.4) is 0 Å². The van der Waals surface area contributed by atoms with Crippen molar-refractivity contribution in [2.75, 3.05) is 13.2 Å². The lowest BCUT2D eigenvalue weighted by atomic mass is 10.0. The number of para-hydroxylation sites is 1. The molecule has 1 heterocycles. The molecule has 0 amide bonds. The molecule has 0 saturated heterocycles. The Morgan fingerprint density at radius 1 is 1.26 bits per heavy atom. The Kier molecular flexibility index (Phi) is 4.76. The Labute approximate surface area is 135 Å². The average molecular weight is 313 g/mol. The molecule has 5 heteroatoms. The monoisotopic (exact) mass is 313 g/mol. The highest BCUT2D eigenvalue weighted by Crippen LogP contribution is 2.31. The van der Waals surface area contributed by atoms with E-state index in [-0.39, 0.29) is 11.9 Å². The lowest BCUT2D eigenvalue weighted by molar-refractivity contribution is 0.262. The first-order valence-electron chi connectivity index (χ1n) is 7.75. The minimum atomic E-state index is -0.226. The zero-order chi connectivity index (χ0) is 16.1. The van der Waals surface area contributed by atoms with Crippen LogP contribution in [-0.4, -0.2) is 19.1 Å². The van der Waals surface area contributed by atoms with Crippen molar-refractivity contribution in [1.82, 2.24) is 5.32 Å². The lowest BCUT2D eigenvalue weighted by Gasteiger charge is -2.26. The molecule has 120 valence electrons. The van der Waals surface area contributed by atoms with Gasteiger partial charge >= 0.3 is 0 Å². The Balaban J connectivity index is 1.58. The third kappa shape index (κ3) is 4.00. The molecule has 1 aliphatic heterocycles. The molecule has 0 saturated carbocycles. The van der Waals surface area contributed by atoms with Crippen LogP contribution >= 0.6 is 0 Å². The van der Waals surface area contributed by atoms with Crippen molar-refractivity contribution in [2.24, 2.45) is 10.7 Å². The summed E-state index contributed by atoms with van der Waals surface area (Å²) in [6, 6.07) is 14.6. The second-order valence-corrected chi connectivity index (χ2v) is 5.52. The average Bonchev–Trinajstić information content (AvgIpc) is 2.55. The molecule has 1 unspecified atom stereocenters. The number of guanidine groups is 1. The SMILES string of the molecule is NC(=NCCc1cccc(F)c1)NC1CCOc2ccccc21. The summed E-state index contributed by atoms with van der Waals surface area (Å²) in [5.41, 5.74) is 7.99. The van der Waals surface area contributed by atoms with E-state index in [0.29, 0.717) is 25.5 Å². The second kappa shape index (κ2) is 7.13. The minimum absolute atomic E-state index is 0.109. The maximum atomic E-state index is 13.1. The zero-order valence-electron chi connectivity index (χ0n) is 12.8. The highest BCUT2D eigenvalue weighted by Gasteiger charge is 2.21. The Hall–Kier alpha value is -2.56. The third-order valence-electron chi connectivity index (χ3n) is 3.85. The largest absolute Gasteiger partial charge is 0.493 e. The fourth-order valence-electron chi connectivity index (χ4n) is 2.71. The first kappa shape index (κ1) is 15.3. The minimum Gasteiger partial charge on any atom is -0.493 e. The molecule has 1 atom stereocenters. The van der Waals surface area contributed by atoms with Gasteiger partial charge in [0.05, 0.1) is 12.6 Å². The first-order chi connectivity index (χ1) is 11.2. The van der Waals surface area contributed by atoms with E-state index in [4.69, 9.17) is 10.5 Å². The van der Waals surface area contributed by atoms with E-state index in [0.717, 1.165) is 23.3 Å². The molecule has 0 fully saturated rings. The summed E-state index contributed by atoms with van der Waals surface area (Å²) in [5.74, 6) is 1.07. The number of ether oxygens (including phenoxy) is 1. The molecule has 3 N–H and O–H groups in total. The van der Waals surface area contributed by atoms with Gasteiger partial charge in [0.25, 0.3) is 0 Å². The van der Waals surface area contributed by atoms with Gasteiger partial charge in [0, 0.05) is 18.5 Å². The van der Waals surface area contributed by atoms with E-state index in [1.165, 1.54) is 12.1 Å². The fourth-order valence-corrected chi connectivity index (χ4v) is 2.71. The van der Waals surface area contributed by atoms with E-state index in [1.807, 2.05) is 30.3 Å². The maximum absolute atomic E-state index is 13.1. The molecular weight excluding hydrogens is 293 g/mol. The van der Waals surface area contributed by atoms with E-state index in [1.54, 1.807) is 6.07 Å². The molecular formula is C18H20FN3O. The van der Waals surface area contributed by atoms with Crippen molar-refractivity contribution in [3.05, 3.63) is 65.5 Å². The van der Waals surface area contributed by atoms with Gasteiger partial charge in [0.15, 0.2) is 5.96 Å². The number of hydrogen-bond donors (Lipinski definition) is 2. The number of nitrogens with zero attached hydrogens (tertiary/aromatic N) is 1. The molecule has 0 bridgehead atoms. The second-order valence-electron chi connectivity index (χ2n) is 5.52. The summed E-state index contributed by atoms with van der Waals surface area (Å²) in [6.07, 6.45) is 1.50. The summed E-state index contributed by atoms with van der Waals surface area (Å²) >= 11 is 0. The quantitative estimate of drug-likeness (QED) is 0.674. The smallest absolute Gasteiger partial charge is 0.189 e. The van der Waals surface area contributed by atoms with E-state index < -0.39 is 0 Å². The van der Waals surface area contributed by atoms with Gasteiger partial charge in [0.1, 0.15) is 11.6 Å². The normalized spacial score (nSPS) is 17.3. The van der Waals surface area contributed by atoms with Crippen LogP contribution in [0.15, 0.2) is 53.5 Å². The summed E-state index contributed by atoms with van der Waals surface area (Å²) in [6.45, 7) is 1.18. The molecule has 2 aromatic carbocycles. The van der Waals surface area contributed by atoms with Crippen molar-refractivity contribution in [3.63, 3.8) is 0 Å². The summed E-state index contributed by atoms with van der Waals surface area (Å²) in [4.78, 5) is 4.34. The Bertz CT molecular complexity index is 702. The highest BCUT2D eigenvalue weighted by atomic mass is 19.1. The van der Waals surface area contributed by atoms with Crippen LogP contribution in [0, 0.1) is 5.82 Å². The van der Waals surface area contributed by atoms with Crippen molar-refractivity contribution in [3.8, 4) is 5.75 Å². The van der Waals surface area contributed by atoms with Crippen molar-refractivity contribution < 1.29 is 9.13 Å². The van der Waals surface area contributed by atoms with Gasteiger partial charge in [-0.25, -0.2) is 4.39 Å². The van der Waals surface area contributed by atoms with Crippen LogP contribution in [-0.2, 0) is 6.42 Å². The van der Waals surface area contributed by atoms with Gasteiger partial charge in [-0.15, -0.1) is 0 Å². The number of rotatable bonds is 4. The number of aliphatic imine (C=N–C) groups is 1. The van der Waals surface area contributed by atoms with Gasteiger partial charge < -0.3 is 15.8 Å². The number of benzene rings is 2. The number of nitrogens with two attached hydrogens (primary N) is 1. The highest BCUT2D eigenvalue weighted by molar-refractivity contribution is 5.78. The molecule has 23 heavy (non-hydrogen) atoms. The van der Waals surface area contributed by atoms with Gasteiger partial charge in [-0.05, 0) is 30.2 Å². The zero-order valence-corrected chi connectivity index (χ0v) is 12.8. The Morgan fingerprint density at radius 2 is 2.13 bits per heavy atom. The van der Waals surface area contributed by atoms with Crippen molar-refractivity contribution in [2.45, 2.75) is 18.9 Å². The van der Waals surface area contributed by atoms with E-state index in [9.17, 15) is 4.39 Å². The van der Waals surface area contributed by atoms with Crippen LogP contribution in [0.5, 0.6) is 5.75 Å². The van der Waals surface area contributed by atoms with E-state index in [2.05, 4.69) is 10.3 Å². The first-order valence-corrected chi connectivity index (χ1v) is 7.75. The summed E-state index contributed by atoms with van der Waals surface area (Å²) < 4.78 is 18.7. The third-order valence-corrected chi connectivity index (χ3v) is 3.85. The standard InChI is InChI=1S/C18H20FN3O/c19-14-5-3-4-13(12-14)8-10-21-18(20)22-16-9-11-23-17-7-2-1-6-15(16)17/h1-7,12,16H,8-11H2,(H3,20,21,22). The predicted octanol–water partition coefficient (Wildman–Crippen LogP) is 2.80. The fraction of sp³-hybridized carbons (Fsp3) is 0.278. The van der Waals surface area contributed by atoms with Crippen LogP contribution in [0.2, 0.25) is 0 Å². The molecule has 4 nitrogen and oxygen atoms in total. The van der Waals surface area contributed by atoms with Crippen LogP contribution < -0.4 is 15.8 Å². The molecule has 0 aromatic heterocycles. The number of hydrogen-bond acceptors (Lipinski definition) is 2. The molecule has 2 aromatic rings. The molecule has 1 aliphatic rings. The molecule has 3 rings (SSSR count). The van der Waals surface area contributed by atoms with Crippen molar-refractivity contribution in [1.29, 1.82) is 0 Å². The predicted molar refractivity (Wildman–Crippen MR) is 89.0 cm³/mol. The van der Waals surface area contributed by atoms with Crippen LogP contribution in [0.4, 0.5) is 4.39 Å². The van der Waals surface area contributed by atoms with Crippen LogP contribution in [0.25, 0.3) is 0 Å². The van der Waals surface area contributed by atoms with Gasteiger partial charge in [-0.1, -0.05) is 30.3 Å². The summed E-state index contributed by atoms with van der Waals surface area (Å²) in [7, 11) is 0.